The molecule has 1 aliphatic heterocycles. The molecule has 1 aromatic carbocycles. The van der Waals surface area contributed by atoms with Crippen molar-refractivity contribution in [3.05, 3.63) is 35.6 Å². The molecule has 0 aliphatic carbocycles. The van der Waals surface area contributed by atoms with Gasteiger partial charge in [-0.25, -0.2) is 12.8 Å². The second-order valence-electron chi connectivity index (χ2n) is 5.31. The molecule has 1 saturated heterocycles. The fourth-order valence-electron chi connectivity index (χ4n) is 2.46. The van der Waals surface area contributed by atoms with Crippen molar-refractivity contribution in [2.75, 3.05) is 31.9 Å². The van der Waals surface area contributed by atoms with Crippen LogP contribution in [0.2, 0.25) is 0 Å². The number of nitrogens with zero attached hydrogens (tertiary/aromatic N) is 2. The maximum absolute atomic E-state index is 12.8. The highest BCUT2D eigenvalue weighted by atomic mass is 32.2. The van der Waals surface area contributed by atoms with Crippen molar-refractivity contribution in [1.29, 1.82) is 0 Å². The number of amides is 1. The van der Waals surface area contributed by atoms with Crippen LogP contribution in [0.1, 0.15) is 18.9 Å². The van der Waals surface area contributed by atoms with Gasteiger partial charge in [0.05, 0.1) is 5.75 Å². The summed E-state index contributed by atoms with van der Waals surface area (Å²) in [4.78, 5) is 13.8. The number of rotatable bonds is 5. The summed E-state index contributed by atoms with van der Waals surface area (Å²) in [6, 6.07) is 6.12. The number of benzene rings is 1. The van der Waals surface area contributed by atoms with Crippen LogP contribution >= 0.6 is 0 Å². The molecule has 0 saturated carbocycles. The van der Waals surface area contributed by atoms with Crippen LogP contribution in [0.15, 0.2) is 24.3 Å². The Morgan fingerprint density at radius 2 is 1.73 bits per heavy atom. The molecular weight excluding hydrogens is 307 g/mol. The summed E-state index contributed by atoms with van der Waals surface area (Å²) in [7, 11) is -3.17. The third-order valence-electron chi connectivity index (χ3n) is 3.89. The van der Waals surface area contributed by atoms with Gasteiger partial charge in [0.1, 0.15) is 5.82 Å². The molecule has 1 fully saturated rings. The molecule has 2 rings (SSSR count). The van der Waals surface area contributed by atoms with Crippen molar-refractivity contribution in [1.82, 2.24) is 9.21 Å². The average molecular weight is 328 g/mol. The molecule has 22 heavy (non-hydrogen) atoms. The molecule has 0 atom stereocenters. The lowest BCUT2D eigenvalue weighted by Crippen LogP contribution is -2.50. The molecule has 1 aliphatic rings. The van der Waals surface area contributed by atoms with Gasteiger partial charge in [-0.05, 0) is 31.0 Å². The molecule has 7 heteroatoms. The van der Waals surface area contributed by atoms with Crippen molar-refractivity contribution in [2.45, 2.75) is 19.8 Å². The lowest BCUT2D eigenvalue weighted by molar-refractivity contribution is -0.132. The zero-order chi connectivity index (χ0) is 16.2. The van der Waals surface area contributed by atoms with Crippen LogP contribution in [0.25, 0.3) is 0 Å². The van der Waals surface area contributed by atoms with Crippen LogP contribution in [-0.2, 0) is 21.2 Å². The third kappa shape index (κ3) is 4.27. The monoisotopic (exact) mass is 328 g/mol. The van der Waals surface area contributed by atoms with Crippen molar-refractivity contribution in [3.8, 4) is 0 Å². The molecule has 5 nitrogen and oxygen atoms in total. The summed E-state index contributed by atoms with van der Waals surface area (Å²) in [5.74, 6) is -0.188. The Morgan fingerprint density at radius 1 is 1.14 bits per heavy atom. The zero-order valence-electron chi connectivity index (χ0n) is 12.7. The highest BCUT2D eigenvalue weighted by molar-refractivity contribution is 7.89. The fourth-order valence-corrected chi connectivity index (χ4v) is 3.54. The van der Waals surface area contributed by atoms with E-state index in [2.05, 4.69) is 0 Å². The summed E-state index contributed by atoms with van der Waals surface area (Å²) in [6.07, 6.45) is 0.915. The van der Waals surface area contributed by atoms with Gasteiger partial charge in [0, 0.05) is 32.6 Å². The molecule has 1 aromatic rings. The minimum Gasteiger partial charge on any atom is -0.340 e. The predicted molar refractivity (Wildman–Crippen MR) is 82.3 cm³/mol. The maximum Gasteiger partial charge on any atom is 0.222 e. The largest absolute Gasteiger partial charge is 0.340 e. The molecule has 0 N–H and O–H groups in total. The standard InChI is InChI=1S/C15H21FN2O3S/c1-2-22(20,21)18-11-9-17(10-12-18)15(19)8-5-13-3-6-14(16)7-4-13/h3-4,6-7H,2,5,8-12H2,1H3. The Bertz CT molecular complexity index is 608. The minimum atomic E-state index is -3.17. The number of hydrogen-bond acceptors (Lipinski definition) is 3. The number of piperazine rings is 1. The van der Waals surface area contributed by atoms with E-state index in [-0.39, 0.29) is 17.5 Å². The zero-order valence-corrected chi connectivity index (χ0v) is 13.5. The predicted octanol–water partition coefficient (Wildman–Crippen LogP) is 1.25. The van der Waals surface area contributed by atoms with Gasteiger partial charge < -0.3 is 4.90 Å². The molecule has 1 heterocycles. The molecule has 0 radical (unpaired) electrons. The quantitative estimate of drug-likeness (QED) is 0.817. The molecule has 0 aromatic heterocycles. The smallest absolute Gasteiger partial charge is 0.222 e. The number of carbonyl (C=O) groups excluding carboxylic acids is 1. The number of halogens is 1. The second-order valence-corrected chi connectivity index (χ2v) is 7.56. The molecule has 0 bridgehead atoms. The molecule has 0 spiro atoms. The van der Waals surface area contributed by atoms with Crippen LogP contribution in [0.5, 0.6) is 0 Å². The van der Waals surface area contributed by atoms with Gasteiger partial charge in [0.2, 0.25) is 15.9 Å². The van der Waals surface area contributed by atoms with Gasteiger partial charge in [-0.3, -0.25) is 4.79 Å². The van der Waals surface area contributed by atoms with E-state index in [1.165, 1.54) is 16.4 Å². The first-order chi connectivity index (χ1) is 10.4. The van der Waals surface area contributed by atoms with Crippen LogP contribution < -0.4 is 0 Å². The first-order valence-corrected chi connectivity index (χ1v) is 9.03. The highest BCUT2D eigenvalue weighted by Crippen LogP contribution is 2.11. The van der Waals surface area contributed by atoms with Crippen LogP contribution in [0, 0.1) is 5.82 Å². The van der Waals surface area contributed by atoms with Gasteiger partial charge >= 0.3 is 0 Å². The van der Waals surface area contributed by atoms with Gasteiger partial charge in [-0.1, -0.05) is 12.1 Å². The first-order valence-electron chi connectivity index (χ1n) is 7.42. The summed E-state index contributed by atoms with van der Waals surface area (Å²) in [6.45, 7) is 3.20. The summed E-state index contributed by atoms with van der Waals surface area (Å²) < 4.78 is 37.8. The van der Waals surface area contributed by atoms with E-state index in [1.54, 1.807) is 24.0 Å². The van der Waals surface area contributed by atoms with Crippen molar-refractivity contribution < 1.29 is 17.6 Å². The Kier molecular flexibility index (Phi) is 5.52. The number of carbonyl (C=O) groups is 1. The summed E-state index contributed by atoms with van der Waals surface area (Å²) in [5, 5.41) is 0. The molecular formula is C15H21FN2O3S. The van der Waals surface area contributed by atoms with Gasteiger partial charge in [-0.2, -0.15) is 4.31 Å². The van der Waals surface area contributed by atoms with E-state index >= 15 is 0 Å². The normalized spacial score (nSPS) is 16.7. The third-order valence-corrected chi connectivity index (χ3v) is 5.77. The number of sulfonamides is 1. The Morgan fingerprint density at radius 3 is 2.27 bits per heavy atom. The Labute approximate surface area is 130 Å². The summed E-state index contributed by atoms with van der Waals surface area (Å²) in [5.41, 5.74) is 0.918. The minimum absolute atomic E-state index is 0.0119. The average Bonchev–Trinajstić information content (AvgIpc) is 2.54. The highest BCUT2D eigenvalue weighted by Gasteiger charge is 2.27. The second kappa shape index (κ2) is 7.19. The van der Waals surface area contributed by atoms with E-state index in [9.17, 15) is 17.6 Å². The van der Waals surface area contributed by atoms with Crippen LogP contribution in [0.3, 0.4) is 0 Å². The van der Waals surface area contributed by atoms with E-state index in [1.807, 2.05) is 0 Å². The van der Waals surface area contributed by atoms with Crippen molar-refractivity contribution >= 4 is 15.9 Å². The number of hydrogen-bond donors (Lipinski definition) is 0. The molecule has 0 unspecified atom stereocenters. The van der Waals surface area contributed by atoms with Crippen LogP contribution in [-0.4, -0.2) is 55.5 Å². The van der Waals surface area contributed by atoms with E-state index < -0.39 is 10.0 Å². The number of aryl methyl sites for hydroxylation is 1. The van der Waals surface area contributed by atoms with Crippen molar-refractivity contribution in [2.24, 2.45) is 0 Å². The fraction of sp³-hybridized carbons (Fsp3) is 0.533. The first kappa shape index (κ1) is 16.9. The van der Waals surface area contributed by atoms with E-state index in [4.69, 9.17) is 0 Å². The van der Waals surface area contributed by atoms with Crippen LogP contribution in [0.4, 0.5) is 4.39 Å². The van der Waals surface area contributed by atoms with Gasteiger partial charge in [0.15, 0.2) is 0 Å². The van der Waals surface area contributed by atoms with E-state index in [0.29, 0.717) is 39.0 Å². The lowest BCUT2D eigenvalue weighted by atomic mass is 10.1. The topological polar surface area (TPSA) is 57.7 Å². The van der Waals surface area contributed by atoms with Gasteiger partial charge in [-0.15, -0.1) is 0 Å². The lowest BCUT2D eigenvalue weighted by Gasteiger charge is -2.33. The maximum atomic E-state index is 12.8. The summed E-state index contributed by atoms with van der Waals surface area (Å²) >= 11 is 0. The molecule has 1 amide bonds. The van der Waals surface area contributed by atoms with Crippen molar-refractivity contribution in [3.63, 3.8) is 0 Å². The van der Waals surface area contributed by atoms with Gasteiger partial charge in [0.25, 0.3) is 0 Å². The SMILES string of the molecule is CCS(=O)(=O)N1CCN(C(=O)CCc2ccc(F)cc2)CC1. The Hall–Kier alpha value is -1.47. The molecule has 122 valence electrons. The Balaban J connectivity index is 1.81. The van der Waals surface area contributed by atoms with E-state index in [0.717, 1.165) is 5.56 Å².